The summed E-state index contributed by atoms with van der Waals surface area (Å²) in [4.78, 5) is 11.7. The van der Waals surface area contributed by atoms with Crippen molar-refractivity contribution in [3.05, 3.63) is 28.2 Å². The first-order valence-electron chi connectivity index (χ1n) is 5.85. The van der Waals surface area contributed by atoms with Crippen molar-refractivity contribution in [1.82, 2.24) is 0 Å². The lowest BCUT2D eigenvalue weighted by molar-refractivity contribution is -0.116. The first-order valence-corrected chi connectivity index (χ1v) is 6.64. The first-order chi connectivity index (χ1) is 8.04. The third-order valence-electron chi connectivity index (χ3n) is 2.57. The number of rotatable bonds is 5. The predicted octanol–water partition coefficient (Wildman–Crippen LogP) is 3.21. The second-order valence-electron chi connectivity index (χ2n) is 4.24. The minimum atomic E-state index is -0.0522. The Bertz CT molecular complexity index is 393. The van der Waals surface area contributed by atoms with E-state index in [1.165, 1.54) is 0 Å². The molecule has 1 rings (SSSR count). The van der Waals surface area contributed by atoms with Crippen LogP contribution in [0.25, 0.3) is 0 Å². The molecule has 4 heteroatoms. The van der Waals surface area contributed by atoms with E-state index in [2.05, 4.69) is 28.2 Å². The molecule has 0 bridgehead atoms. The van der Waals surface area contributed by atoms with Crippen LogP contribution in [0.5, 0.6) is 0 Å². The molecule has 17 heavy (non-hydrogen) atoms. The lowest BCUT2D eigenvalue weighted by Crippen LogP contribution is -2.27. The van der Waals surface area contributed by atoms with Crippen LogP contribution in [0.4, 0.5) is 5.69 Å². The fourth-order valence-corrected chi connectivity index (χ4v) is 2.02. The molecule has 1 aromatic rings. The van der Waals surface area contributed by atoms with Gasteiger partial charge in [-0.3, -0.25) is 4.79 Å². The van der Waals surface area contributed by atoms with Crippen molar-refractivity contribution in [2.75, 3.05) is 5.32 Å². The molecule has 1 atom stereocenters. The summed E-state index contributed by atoms with van der Waals surface area (Å²) < 4.78 is 0.928. The van der Waals surface area contributed by atoms with Crippen LogP contribution in [0.1, 0.15) is 31.7 Å². The fraction of sp³-hybridized carbons (Fsp3) is 0.462. The smallest absolute Gasteiger partial charge is 0.225 e. The largest absolute Gasteiger partial charge is 0.327 e. The van der Waals surface area contributed by atoms with E-state index in [0.29, 0.717) is 6.42 Å². The Morgan fingerprint density at radius 1 is 1.53 bits per heavy atom. The van der Waals surface area contributed by atoms with Gasteiger partial charge in [0, 0.05) is 16.9 Å². The summed E-state index contributed by atoms with van der Waals surface area (Å²) in [5.74, 6) is -0.0303. The van der Waals surface area contributed by atoms with Gasteiger partial charge in [-0.05, 0) is 40.9 Å². The van der Waals surface area contributed by atoms with Gasteiger partial charge in [0.1, 0.15) is 0 Å². The summed E-state index contributed by atoms with van der Waals surface area (Å²) in [5, 5.41) is 2.87. The zero-order valence-corrected chi connectivity index (χ0v) is 11.9. The molecule has 0 saturated carbocycles. The molecule has 0 radical (unpaired) electrons. The Balaban J connectivity index is 2.59. The quantitative estimate of drug-likeness (QED) is 0.877. The highest BCUT2D eigenvalue weighted by Gasteiger charge is 2.10. The van der Waals surface area contributed by atoms with Gasteiger partial charge in [0.05, 0.1) is 5.69 Å². The Morgan fingerprint density at radius 3 is 2.88 bits per heavy atom. The Morgan fingerprint density at radius 2 is 2.24 bits per heavy atom. The summed E-state index contributed by atoms with van der Waals surface area (Å²) in [6, 6.07) is 5.73. The number of nitrogens with one attached hydrogen (secondary N) is 1. The molecule has 0 heterocycles. The van der Waals surface area contributed by atoms with Crippen molar-refractivity contribution >= 4 is 27.5 Å². The molecular formula is C13H19BrN2O. The summed E-state index contributed by atoms with van der Waals surface area (Å²) >= 11 is 3.46. The molecule has 3 N–H and O–H groups in total. The summed E-state index contributed by atoms with van der Waals surface area (Å²) in [6.45, 7) is 4.05. The van der Waals surface area contributed by atoms with Gasteiger partial charge >= 0.3 is 0 Å². The van der Waals surface area contributed by atoms with Crippen molar-refractivity contribution in [1.29, 1.82) is 0 Å². The SMILES string of the molecule is CCCC(N)CC(=O)Nc1cccc(C)c1Br. The number of amides is 1. The number of halogens is 1. The van der Waals surface area contributed by atoms with E-state index in [1.54, 1.807) is 0 Å². The molecule has 0 aromatic heterocycles. The molecule has 1 unspecified atom stereocenters. The van der Waals surface area contributed by atoms with Gasteiger partial charge in [-0.15, -0.1) is 0 Å². The Labute approximate surface area is 111 Å². The molecular weight excluding hydrogens is 280 g/mol. The number of anilines is 1. The highest BCUT2D eigenvalue weighted by Crippen LogP contribution is 2.25. The Kier molecular flexibility index (Phi) is 5.65. The summed E-state index contributed by atoms with van der Waals surface area (Å²) in [6.07, 6.45) is 2.25. The predicted molar refractivity (Wildman–Crippen MR) is 75.0 cm³/mol. The highest BCUT2D eigenvalue weighted by atomic mass is 79.9. The lowest BCUT2D eigenvalue weighted by atomic mass is 10.1. The van der Waals surface area contributed by atoms with Crippen LogP contribution in [0, 0.1) is 6.92 Å². The minimum Gasteiger partial charge on any atom is -0.327 e. The average Bonchev–Trinajstić information content (AvgIpc) is 2.25. The third-order valence-corrected chi connectivity index (χ3v) is 3.63. The van der Waals surface area contributed by atoms with Crippen molar-refractivity contribution in [2.24, 2.45) is 5.73 Å². The molecule has 1 amide bonds. The maximum atomic E-state index is 11.7. The molecule has 0 aliphatic heterocycles. The Hall–Kier alpha value is -0.870. The molecule has 94 valence electrons. The minimum absolute atomic E-state index is 0.0303. The van der Waals surface area contributed by atoms with Crippen LogP contribution in [-0.2, 0) is 4.79 Å². The lowest BCUT2D eigenvalue weighted by Gasteiger charge is -2.12. The number of carbonyl (C=O) groups is 1. The standard InChI is InChI=1S/C13H19BrN2O/c1-3-5-10(15)8-12(17)16-11-7-4-6-9(2)13(11)14/h4,6-7,10H,3,5,8,15H2,1-2H3,(H,16,17). The average molecular weight is 299 g/mol. The van der Waals surface area contributed by atoms with Crippen molar-refractivity contribution in [3.63, 3.8) is 0 Å². The number of hydrogen-bond donors (Lipinski definition) is 2. The number of aryl methyl sites for hydroxylation is 1. The topological polar surface area (TPSA) is 55.1 Å². The number of hydrogen-bond acceptors (Lipinski definition) is 2. The molecule has 0 aliphatic rings. The second-order valence-corrected chi connectivity index (χ2v) is 5.03. The van der Waals surface area contributed by atoms with Gasteiger partial charge in [-0.25, -0.2) is 0 Å². The van der Waals surface area contributed by atoms with Crippen molar-refractivity contribution in [2.45, 2.75) is 39.2 Å². The monoisotopic (exact) mass is 298 g/mol. The number of benzene rings is 1. The summed E-state index contributed by atoms with van der Waals surface area (Å²) in [7, 11) is 0. The highest BCUT2D eigenvalue weighted by molar-refractivity contribution is 9.10. The molecule has 0 fully saturated rings. The number of nitrogens with two attached hydrogens (primary N) is 1. The van der Waals surface area contributed by atoms with Crippen molar-refractivity contribution in [3.8, 4) is 0 Å². The van der Waals surface area contributed by atoms with E-state index < -0.39 is 0 Å². The van der Waals surface area contributed by atoms with Gasteiger partial charge in [0.25, 0.3) is 0 Å². The first kappa shape index (κ1) is 14.2. The third kappa shape index (κ3) is 4.48. The molecule has 3 nitrogen and oxygen atoms in total. The van der Waals surface area contributed by atoms with Gasteiger partial charge < -0.3 is 11.1 Å². The van der Waals surface area contributed by atoms with Crippen LogP contribution in [-0.4, -0.2) is 11.9 Å². The molecule has 0 spiro atoms. The van der Waals surface area contributed by atoms with Crippen LogP contribution < -0.4 is 11.1 Å². The fourth-order valence-electron chi connectivity index (χ4n) is 1.66. The van der Waals surface area contributed by atoms with Crippen molar-refractivity contribution < 1.29 is 4.79 Å². The molecule has 0 aliphatic carbocycles. The second kappa shape index (κ2) is 6.77. The zero-order valence-electron chi connectivity index (χ0n) is 10.3. The maximum Gasteiger partial charge on any atom is 0.225 e. The normalized spacial score (nSPS) is 12.2. The van der Waals surface area contributed by atoms with E-state index in [-0.39, 0.29) is 11.9 Å². The van der Waals surface area contributed by atoms with Gasteiger partial charge in [-0.2, -0.15) is 0 Å². The van der Waals surface area contributed by atoms with Crippen LogP contribution in [0.2, 0.25) is 0 Å². The van der Waals surface area contributed by atoms with Crippen LogP contribution in [0.15, 0.2) is 22.7 Å². The van der Waals surface area contributed by atoms with E-state index >= 15 is 0 Å². The molecule has 1 aromatic carbocycles. The van der Waals surface area contributed by atoms with E-state index in [9.17, 15) is 4.79 Å². The van der Waals surface area contributed by atoms with Crippen LogP contribution >= 0.6 is 15.9 Å². The van der Waals surface area contributed by atoms with Gasteiger partial charge in [0.15, 0.2) is 0 Å². The number of carbonyl (C=O) groups excluding carboxylic acids is 1. The zero-order chi connectivity index (χ0) is 12.8. The van der Waals surface area contributed by atoms with E-state index in [1.807, 2.05) is 25.1 Å². The molecule has 0 saturated heterocycles. The summed E-state index contributed by atoms with van der Waals surface area (Å²) in [5.41, 5.74) is 7.74. The van der Waals surface area contributed by atoms with Gasteiger partial charge in [0.2, 0.25) is 5.91 Å². The van der Waals surface area contributed by atoms with Gasteiger partial charge in [-0.1, -0.05) is 25.5 Å². The van der Waals surface area contributed by atoms with E-state index in [4.69, 9.17) is 5.73 Å². The maximum absolute atomic E-state index is 11.7. The van der Waals surface area contributed by atoms with E-state index in [0.717, 1.165) is 28.6 Å². The van der Waals surface area contributed by atoms with Crippen LogP contribution in [0.3, 0.4) is 0 Å².